The number of allylic oxidation sites excluding steroid dienone is 4. The highest BCUT2D eigenvalue weighted by atomic mass is 28.3. The van der Waals surface area contributed by atoms with Gasteiger partial charge in [-0.2, -0.15) is 0 Å². The highest BCUT2D eigenvalue weighted by Crippen LogP contribution is 2.36. The number of hydrogen-bond donors (Lipinski definition) is 0. The molecule has 117 valence electrons. The Morgan fingerprint density at radius 1 is 0.696 bits per heavy atom. The molecule has 1 aliphatic carbocycles. The molecule has 0 aromatic heterocycles. The number of rotatable bonds is 3. The summed E-state index contributed by atoms with van der Waals surface area (Å²) in [4.78, 5) is 0. The maximum atomic E-state index is 2.47. The maximum Gasteiger partial charge on any atom is 0.129 e. The van der Waals surface area contributed by atoms with E-state index in [4.69, 9.17) is 0 Å². The van der Waals surface area contributed by atoms with Crippen LogP contribution in [-0.2, 0) is 0 Å². The molecule has 0 heterocycles. The van der Waals surface area contributed by atoms with Crippen LogP contribution in [0.1, 0.15) is 20.8 Å². The van der Waals surface area contributed by atoms with Crippen molar-refractivity contribution in [2.45, 2.75) is 27.3 Å². The lowest BCUT2D eigenvalue weighted by Crippen LogP contribution is -2.59. The van der Waals surface area contributed by atoms with Crippen LogP contribution < -0.4 is 10.4 Å². The van der Waals surface area contributed by atoms with Gasteiger partial charge < -0.3 is 0 Å². The Bertz CT molecular complexity index is 678. The van der Waals surface area contributed by atoms with Gasteiger partial charge >= 0.3 is 0 Å². The van der Waals surface area contributed by atoms with Crippen LogP contribution >= 0.6 is 0 Å². The first-order valence-corrected chi connectivity index (χ1v) is 10.8. The molecule has 0 aliphatic heterocycles. The summed E-state index contributed by atoms with van der Waals surface area (Å²) in [6.07, 6.45) is 7.10. The van der Waals surface area contributed by atoms with Gasteiger partial charge in [-0.1, -0.05) is 117 Å². The molecule has 0 saturated heterocycles. The molecule has 0 saturated carbocycles. The van der Waals surface area contributed by atoms with E-state index in [9.17, 15) is 0 Å². The molecule has 0 spiro atoms. The SMILES string of the molecule is CC(C)(C)C1=C[C]([Si](C)(c2ccccc2)c2ccccc2)C=C1. The molecular weight excluding hydrogens is 292 g/mol. The van der Waals surface area contributed by atoms with E-state index in [1.54, 1.807) is 0 Å². The Morgan fingerprint density at radius 3 is 1.57 bits per heavy atom. The highest BCUT2D eigenvalue weighted by molar-refractivity contribution is 7.06. The summed E-state index contributed by atoms with van der Waals surface area (Å²) in [5, 5.41) is 2.94. The van der Waals surface area contributed by atoms with Gasteiger partial charge in [-0.3, -0.25) is 0 Å². The second-order valence-electron chi connectivity index (χ2n) is 7.50. The lowest BCUT2D eigenvalue weighted by molar-refractivity contribution is 0.518. The van der Waals surface area contributed by atoms with Crippen LogP contribution in [0.2, 0.25) is 6.55 Å². The third kappa shape index (κ3) is 2.98. The standard InChI is InChI=1S/C22H25Si/c1-22(2,3)18-15-16-21(17-18)23(4,19-11-7-5-8-12-19)20-13-9-6-10-14-20/h5-17H,1-4H3. The molecule has 1 aliphatic rings. The first-order valence-electron chi connectivity index (χ1n) is 8.31. The Morgan fingerprint density at radius 2 is 1.17 bits per heavy atom. The van der Waals surface area contributed by atoms with Gasteiger partial charge in [0.15, 0.2) is 0 Å². The molecule has 23 heavy (non-hydrogen) atoms. The second-order valence-corrected chi connectivity index (χ2v) is 11.5. The monoisotopic (exact) mass is 317 g/mol. The van der Waals surface area contributed by atoms with Crippen molar-refractivity contribution in [2.75, 3.05) is 0 Å². The fraction of sp³-hybridized carbons (Fsp3) is 0.227. The van der Waals surface area contributed by atoms with Crippen LogP contribution in [0.15, 0.2) is 84.5 Å². The van der Waals surface area contributed by atoms with E-state index >= 15 is 0 Å². The summed E-state index contributed by atoms with van der Waals surface area (Å²) >= 11 is 0. The molecule has 2 aromatic rings. The molecular formula is C22H25Si. The van der Waals surface area contributed by atoms with Gasteiger partial charge in [-0.05, 0) is 11.0 Å². The second kappa shape index (κ2) is 5.97. The summed E-state index contributed by atoms with van der Waals surface area (Å²) in [7, 11) is -1.94. The summed E-state index contributed by atoms with van der Waals surface area (Å²) in [6.45, 7) is 9.33. The van der Waals surface area contributed by atoms with E-state index in [1.807, 2.05) is 0 Å². The largest absolute Gasteiger partial charge is 0.129 e. The molecule has 0 unspecified atom stereocenters. The Balaban J connectivity index is 2.12. The van der Waals surface area contributed by atoms with E-state index in [0.29, 0.717) is 0 Å². The van der Waals surface area contributed by atoms with Gasteiger partial charge in [0.1, 0.15) is 8.07 Å². The molecule has 2 aromatic carbocycles. The zero-order valence-electron chi connectivity index (χ0n) is 14.5. The van der Waals surface area contributed by atoms with E-state index in [0.717, 1.165) is 0 Å². The lowest BCUT2D eigenvalue weighted by Gasteiger charge is -2.33. The normalized spacial score (nSPS) is 15.7. The topological polar surface area (TPSA) is 0 Å². The van der Waals surface area contributed by atoms with Crippen LogP contribution in [0.4, 0.5) is 0 Å². The van der Waals surface area contributed by atoms with Crippen molar-refractivity contribution in [2.24, 2.45) is 5.41 Å². The van der Waals surface area contributed by atoms with Crippen LogP contribution in [0.25, 0.3) is 0 Å². The zero-order valence-corrected chi connectivity index (χ0v) is 15.5. The molecule has 1 radical (unpaired) electrons. The van der Waals surface area contributed by atoms with Crippen molar-refractivity contribution in [3.63, 3.8) is 0 Å². The van der Waals surface area contributed by atoms with Crippen molar-refractivity contribution in [3.05, 3.63) is 90.0 Å². The minimum atomic E-state index is -1.94. The van der Waals surface area contributed by atoms with Gasteiger partial charge in [0.2, 0.25) is 0 Å². The molecule has 0 amide bonds. The third-order valence-corrected chi connectivity index (χ3v) is 9.34. The predicted octanol–water partition coefficient (Wildman–Crippen LogP) is 4.54. The quantitative estimate of drug-likeness (QED) is 0.729. The smallest absolute Gasteiger partial charge is 0.0753 e. The van der Waals surface area contributed by atoms with Gasteiger partial charge in [0, 0.05) is 5.54 Å². The van der Waals surface area contributed by atoms with E-state index in [2.05, 4.69) is 106 Å². The summed E-state index contributed by atoms with van der Waals surface area (Å²) in [6, 6.07) is 22.0. The minimum Gasteiger partial charge on any atom is -0.0753 e. The summed E-state index contributed by atoms with van der Waals surface area (Å²) in [5.41, 5.74) is 3.12. The molecule has 0 atom stereocenters. The molecule has 0 fully saturated rings. The fourth-order valence-corrected chi connectivity index (χ4v) is 6.84. The summed E-state index contributed by atoms with van der Waals surface area (Å²) in [5.74, 6) is 0. The Kier molecular flexibility index (Phi) is 4.16. The molecule has 0 nitrogen and oxygen atoms in total. The lowest BCUT2D eigenvalue weighted by atomic mass is 9.87. The van der Waals surface area contributed by atoms with Gasteiger partial charge in [0.05, 0.1) is 0 Å². The van der Waals surface area contributed by atoms with Crippen molar-refractivity contribution in [1.29, 1.82) is 0 Å². The predicted molar refractivity (Wildman–Crippen MR) is 104 cm³/mol. The van der Waals surface area contributed by atoms with E-state index in [-0.39, 0.29) is 5.41 Å². The average Bonchev–Trinajstić information content (AvgIpc) is 3.06. The van der Waals surface area contributed by atoms with Crippen LogP contribution in [0.5, 0.6) is 0 Å². The van der Waals surface area contributed by atoms with Crippen LogP contribution in [-0.4, -0.2) is 8.07 Å². The fourth-order valence-electron chi connectivity index (χ4n) is 3.26. The third-order valence-electron chi connectivity index (χ3n) is 4.90. The molecule has 0 N–H and O–H groups in total. The molecule has 3 rings (SSSR count). The Labute approximate surface area is 141 Å². The number of hydrogen-bond acceptors (Lipinski definition) is 0. The van der Waals surface area contributed by atoms with E-state index in [1.165, 1.54) is 21.5 Å². The van der Waals surface area contributed by atoms with Gasteiger partial charge in [0.25, 0.3) is 0 Å². The van der Waals surface area contributed by atoms with Crippen molar-refractivity contribution in [3.8, 4) is 0 Å². The molecule has 1 heteroatoms. The average molecular weight is 318 g/mol. The van der Waals surface area contributed by atoms with Crippen molar-refractivity contribution >= 4 is 18.4 Å². The molecule has 0 bridgehead atoms. The zero-order chi connectivity index (χ0) is 16.5. The van der Waals surface area contributed by atoms with Crippen molar-refractivity contribution < 1.29 is 0 Å². The van der Waals surface area contributed by atoms with Gasteiger partial charge in [-0.15, -0.1) is 0 Å². The highest BCUT2D eigenvalue weighted by Gasteiger charge is 2.40. The summed E-state index contributed by atoms with van der Waals surface area (Å²) < 4.78 is 0. The van der Waals surface area contributed by atoms with E-state index < -0.39 is 8.07 Å². The Hall–Kier alpha value is -1.86. The minimum absolute atomic E-state index is 0.195. The van der Waals surface area contributed by atoms with Crippen LogP contribution in [0, 0.1) is 11.0 Å². The number of benzene rings is 2. The van der Waals surface area contributed by atoms with Gasteiger partial charge in [-0.25, -0.2) is 0 Å². The maximum absolute atomic E-state index is 2.47. The first-order chi connectivity index (χ1) is 10.9. The van der Waals surface area contributed by atoms with Crippen molar-refractivity contribution in [1.82, 2.24) is 0 Å². The first kappa shape index (κ1) is 16.0. The van der Waals surface area contributed by atoms with Crippen LogP contribution in [0.3, 0.4) is 0 Å².